The predicted octanol–water partition coefficient (Wildman–Crippen LogP) is 3.57. The van der Waals surface area contributed by atoms with Crippen molar-refractivity contribution in [1.82, 2.24) is 14.9 Å². The molecule has 0 saturated heterocycles. The third-order valence-corrected chi connectivity index (χ3v) is 4.53. The molecule has 1 aromatic heterocycles. The van der Waals surface area contributed by atoms with E-state index in [4.69, 9.17) is 0 Å². The van der Waals surface area contributed by atoms with Crippen LogP contribution >= 0.6 is 0 Å². The van der Waals surface area contributed by atoms with Crippen LogP contribution in [0, 0.1) is 6.92 Å². The van der Waals surface area contributed by atoms with Crippen molar-refractivity contribution in [3.05, 3.63) is 40.4 Å². The van der Waals surface area contributed by atoms with Gasteiger partial charge in [0.1, 0.15) is 0 Å². The Hall–Kier alpha value is -2.17. The van der Waals surface area contributed by atoms with E-state index in [2.05, 4.69) is 17.2 Å². The molecule has 5 nitrogen and oxygen atoms in total. The second-order valence-electron chi connectivity index (χ2n) is 6.78. The van der Waals surface area contributed by atoms with Crippen molar-refractivity contribution in [2.75, 3.05) is 0 Å². The van der Waals surface area contributed by atoms with Gasteiger partial charge in [-0.2, -0.15) is 0 Å². The first-order valence-corrected chi connectivity index (χ1v) is 9.27. The van der Waals surface area contributed by atoms with Crippen LogP contribution in [0.5, 0.6) is 0 Å². The van der Waals surface area contributed by atoms with Crippen LogP contribution in [0.3, 0.4) is 0 Å². The Morgan fingerprint density at radius 1 is 1.28 bits per heavy atom. The van der Waals surface area contributed by atoms with Gasteiger partial charge in [0, 0.05) is 19.0 Å². The molecule has 0 saturated carbocycles. The van der Waals surface area contributed by atoms with Gasteiger partial charge in [-0.05, 0) is 31.9 Å². The minimum absolute atomic E-state index is 0.0146. The highest BCUT2D eigenvalue weighted by molar-refractivity contribution is 5.80. The molecule has 1 unspecified atom stereocenters. The van der Waals surface area contributed by atoms with Crippen molar-refractivity contribution in [2.45, 2.75) is 71.9 Å². The van der Waals surface area contributed by atoms with Gasteiger partial charge >= 0.3 is 0 Å². The normalized spacial score (nSPS) is 12.3. The van der Waals surface area contributed by atoms with Crippen molar-refractivity contribution in [1.29, 1.82) is 0 Å². The molecule has 1 aromatic carbocycles. The molecule has 0 bridgehead atoms. The Labute approximate surface area is 149 Å². The zero-order chi connectivity index (χ0) is 18.2. The van der Waals surface area contributed by atoms with E-state index < -0.39 is 0 Å². The summed E-state index contributed by atoms with van der Waals surface area (Å²) in [5, 5.41) is 3.62. The van der Waals surface area contributed by atoms with Gasteiger partial charge in [0.2, 0.25) is 5.91 Å². The topological polar surface area (TPSA) is 64.0 Å². The van der Waals surface area contributed by atoms with Crippen LogP contribution < -0.4 is 10.9 Å². The largest absolute Gasteiger partial charge is 0.354 e. The Balaban J connectivity index is 1.89. The van der Waals surface area contributed by atoms with Crippen molar-refractivity contribution < 1.29 is 4.79 Å². The third kappa shape index (κ3) is 5.41. The van der Waals surface area contributed by atoms with Crippen molar-refractivity contribution in [3.8, 4) is 0 Å². The van der Waals surface area contributed by atoms with E-state index >= 15 is 0 Å². The maximum absolute atomic E-state index is 12.5. The van der Waals surface area contributed by atoms with Crippen LogP contribution in [0.15, 0.2) is 29.3 Å². The molecule has 1 N–H and O–H groups in total. The lowest BCUT2D eigenvalue weighted by atomic mass is 10.1. The average Bonchev–Trinajstić information content (AvgIpc) is 2.59. The summed E-state index contributed by atoms with van der Waals surface area (Å²) >= 11 is 0. The van der Waals surface area contributed by atoms with E-state index in [1.807, 2.05) is 26.0 Å². The highest BCUT2D eigenvalue weighted by atomic mass is 16.2. The zero-order valence-electron chi connectivity index (χ0n) is 15.5. The molecule has 0 aliphatic rings. The number of fused-ring (bicyclic) bond motifs is 1. The molecule has 0 fully saturated rings. The van der Waals surface area contributed by atoms with Crippen LogP contribution in [-0.2, 0) is 11.3 Å². The summed E-state index contributed by atoms with van der Waals surface area (Å²) in [6.45, 7) is 6.52. The van der Waals surface area contributed by atoms with E-state index in [0.717, 1.165) is 23.9 Å². The van der Waals surface area contributed by atoms with Crippen LogP contribution in [0.4, 0.5) is 0 Å². The molecule has 2 rings (SSSR count). The molecule has 136 valence electrons. The van der Waals surface area contributed by atoms with Gasteiger partial charge < -0.3 is 5.32 Å². The second-order valence-corrected chi connectivity index (χ2v) is 6.78. The Morgan fingerprint density at radius 2 is 2.08 bits per heavy atom. The molecule has 0 radical (unpaired) electrons. The van der Waals surface area contributed by atoms with E-state index in [1.54, 1.807) is 12.4 Å². The second kappa shape index (κ2) is 9.35. The van der Waals surface area contributed by atoms with Gasteiger partial charge in [0.05, 0.1) is 17.2 Å². The molecule has 1 atom stereocenters. The maximum Gasteiger partial charge on any atom is 0.261 e. The number of benzene rings is 1. The Kier molecular flexibility index (Phi) is 7.16. The number of aryl methyl sites for hydroxylation is 2. The van der Waals surface area contributed by atoms with E-state index in [0.29, 0.717) is 11.9 Å². The van der Waals surface area contributed by atoms with Gasteiger partial charge in [-0.1, -0.05) is 44.7 Å². The smallest absolute Gasteiger partial charge is 0.261 e. The molecule has 5 heteroatoms. The fourth-order valence-corrected chi connectivity index (χ4v) is 3.02. The first-order chi connectivity index (χ1) is 12.0. The van der Waals surface area contributed by atoms with Gasteiger partial charge in [-0.25, -0.2) is 4.98 Å². The minimum atomic E-state index is -0.0888. The van der Waals surface area contributed by atoms with E-state index in [-0.39, 0.29) is 23.9 Å². The summed E-state index contributed by atoms with van der Waals surface area (Å²) in [7, 11) is 0. The average molecular weight is 343 g/mol. The molecule has 0 aliphatic heterocycles. The number of aromatic nitrogens is 2. The van der Waals surface area contributed by atoms with Crippen LogP contribution in [0.2, 0.25) is 0 Å². The molecule has 1 amide bonds. The molecular weight excluding hydrogens is 314 g/mol. The lowest BCUT2D eigenvalue weighted by Crippen LogP contribution is -2.34. The first kappa shape index (κ1) is 19.2. The lowest BCUT2D eigenvalue weighted by Gasteiger charge is -2.14. The molecule has 0 spiro atoms. The Morgan fingerprint density at radius 3 is 2.84 bits per heavy atom. The first-order valence-electron chi connectivity index (χ1n) is 9.27. The number of carbonyl (C=O) groups excluding carboxylic acids is 1. The SMILES string of the molecule is CCCCCCC(C)NC(=O)CCn1cnc2c(C)cccc2c1=O. The fraction of sp³-hybridized carbons (Fsp3) is 0.550. The quantitative estimate of drug-likeness (QED) is 0.708. The van der Waals surface area contributed by atoms with Crippen molar-refractivity contribution >= 4 is 16.8 Å². The number of rotatable bonds is 9. The zero-order valence-corrected chi connectivity index (χ0v) is 15.5. The van der Waals surface area contributed by atoms with Crippen LogP contribution in [-0.4, -0.2) is 21.5 Å². The number of unbranched alkanes of at least 4 members (excludes halogenated alkanes) is 3. The predicted molar refractivity (Wildman–Crippen MR) is 102 cm³/mol. The number of nitrogens with zero attached hydrogens (tertiary/aromatic N) is 2. The number of amides is 1. The Bertz CT molecular complexity index is 767. The summed E-state index contributed by atoms with van der Waals surface area (Å²) in [6.07, 6.45) is 7.66. The lowest BCUT2D eigenvalue weighted by molar-refractivity contribution is -0.121. The third-order valence-electron chi connectivity index (χ3n) is 4.53. The number of hydrogen-bond donors (Lipinski definition) is 1. The standard InChI is InChI=1S/C20H29N3O2/c1-4-5-6-7-10-16(3)22-18(24)12-13-23-14-21-19-15(2)9-8-11-17(19)20(23)25/h8-9,11,14,16H,4-7,10,12-13H2,1-3H3,(H,22,24). The monoisotopic (exact) mass is 343 g/mol. The van der Waals surface area contributed by atoms with Crippen molar-refractivity contribution in [2.24, 2.45) is 0 Å². The number of hydrogen-bond acceptors (Lipinski definition) is 3. The number of para-hydroxylation sites is 1. The maximum atomic E-state index is 12.5. The summed E-state index contributed by atoms with van der Waals surface area (Å²) < 4.78 is 1.52. The highest BCUT2D eigenvalue weighted by Gasteiger charge is 2.10. The van der Waals surface area contributed by atoms with E-state index in [1.165, 1.54) is 23.8 Å². The minimum Gasteiger partial charge on any atom is -0.354 e. The summed E-state index contributed by atoms with van der Waals surface area (Å²) in [4.78, 5) is 29.0. The molecule has 1 heterocycles. The summed E-state index contributed by atoms with van der Waals surface area (Å²) in [5.74, 6) is -0.0146. The number of nitrogens with one attached hydrogen (secondary N) is 1. The summed E-state index contributed by atoms with van der Waals surface area (Å²) in [6, 6.07) is 5.76. The van der Waals surface area contributed by atoms with Crippen LogP contribution in [0.25, 0.3) is 10.9 Å². The van der Waals surface area contributed by atoms with Gasteiger partial charge in [0.15, 0.2) is 0 Å². The van der Waals surface area contributed by atoms with Gasteiger partial charge in [-0.3, -0.25) is 14.2 Å². The van der Waals surface area contributed by atoms with Crippen LogP contribution in [0.1, 0.15) is 57.9 Å². The summed E-state index contributed by atoms with van der Waals surface area (Å²) in [5.41, 5.74) is 1.62. The fourth-order valence-electron chi connectivity index (χ4n) is 3.02. The van der Waals surface area contributed by atoms with E-state index in [9.17, 15) is 9.59 Å². The van der Waals surface area contributed by atoms with Crippen molar-refractivity contribution in [3.63, 3.8) is 0 Å². The van der Waals surface area contributed by atoms with Gasteiger partial charge in [0.25, 0.3) is 5.56 Å². The molecular formula is C20H29N3O2. The number of carbonyl (C=O) groups is 1. The molecule has 2 aromatic rings. The van der Waals surface area contributed by atoms with Gasteiger partial charge in [-0.15, -0.1) is 0 Å². The highest BCUT2D eigenvalue weighted by Crippen LogP contribution is 2.11. The molecule has 25 heavy (non-hydrogen) atoms. The molecule has 0 aliphatic carbocycles.